The van der Waals surface area contributed by atoms with Gasteiger partial charge in [0, 0.05) is 19.5 Å². The summed E-state index contributed by atoms with van der Waals surface area (Å²) in [5.74, 6) is 0.488. The zero-order valence-electron chi connectivity index (χ0n) is 8.24. The van der Waals surface area contributed by atoms with Crippen molar-refractivity contribution in [1.82, 2.24) is 10.2 Å². The molecule has 13 heavy (non-hydrogen) atoms. The second kappa shape index (κ2) is 4.53. The third-order valence-electron chi connectivity index (χ3n) is 1.95. The lowest BCUT2D eigenvalue weighted by molar-refractivity contribution is 0.488. The molecule has 1 unspecified atom stereocenters. The SMILES string of the molecule is CNc1nnc(CC(N)C(C)C)s1. The van der Waals surface area contributed by atoms with Gasteiger partial charge in [0.15, 0.2) is 0 Å². The van der Waals surface area contributed by atoms with Crippen molar-refractivity contribution in [2.75, 3.05) is 12.4 Å². The first-order valence-electron chi connectivity index (χ1n) is 4.39. The van der Waals surface area contributed by atoms with Crippen LogP contribution in [-0.2, 0) is 6.42 Å². The molecule has 1 atom stereocenters. The van der Waals surface area contributed by atoms with Crippen LogP contribution in [0.5, 0.6) is 0 Å². The summed E-state index contributed by atoms with van der Waals surface area (Å²) in [7, 11) is 1.84. The molecule has 0 bridgehead atoms. The topological polar surface area (TPSA) is 63.8 Å². The predicted molar refractivity (Wildman–Crippen MR) is 56.0 cm³/mol. The van der Waals surface area contributed by atoms with Crippen LogP contribution in [-0.4, -0.2) is 23.3 Å². The average Bonchev–Trinajstić information content (AvgIpc) is 2.52. The van der Waals surface area contributed by atoms with Gasteiger partial charge in [-0.25, -0.2) is 0 Å². The maximum absolute atomic E-state index is 5.92. The zero-order valence-corrected chi connectivity index (χ0v) is 9.06. The van der Waals surface area contributed by atoms with E-state index < -0.39 is 0 Å². The Hall–Kier alpha value is -0.680. The van der Waals surface area contributed by atoms with Gasteiger partial charge in [0.2, 0.25) is 5.13 Å². The van der Waals surface area contributed by atoms with Crippen molar-refractivity contribution in [2.45, 2.75) is 26.3 Å². The summed E-state index contributed by atoms with van der Waals surface area (Å²) in [5, 5.41) is 12.8. The van der Waals surface area contributed by atoms with Gasteiger partial charge >= 0.3 is 0 Å². The van der Waals surface area contributed by atoms with E-state index in [4.69, 9.17) is 5.73 Å². The van der Waals surface area contributed by atoms with Gasteiger partial charge in [-0.3, -0.25) is 0 Å². The highest BCUT2D eigenvalue weighted by Crippen LogP contribution is 2.16. The fourth-order valence-electron chi connectivity index (χ4n) is 0.874. The highest BCUT2D eigenvalue weighted by atomic mass is 32.1. The molecule has 0 aliphatic rings. The number of anilines is 1. The standard InChI is InChI=1S/C8H16N4S/c1-5(2)6(9)4-7-11-12-8(10-3)13-7/h5-6H,4,9H2,1-3H3,(H,10,12). The minimum Gasteiger partial charge on any atom is -0.363 e. The van der Waals surface area contributed by atoms with Crippen molar-refractivity contribution < 1.29 is 0 Å². The first kappa shape index (κ1) is 10.4. The predicted octanol–water partition coefficient (Wildman–Crippen LogP) is 1.11. The van der Waals surface area contributed by atoms with Gasteiger partial charge in [-0.1, -0.05) is 25.2 Å². The van der Waals surface area contributed by atoms with Gasteiger partial charge in [-0.05, 0) is 5.92 Å². The zero-order chi connectivity index (χ0) is 9.84. The number of nitrogens with two attached hydrogens (primary N) is 1. The Balaban J connectivity index is 2.53. The normalized spacial score (nSPS) is 13.3. The van der Waals surface area contributed by atoms with E-state index in [0.29, 0.717) is 5.92 Å². The summed E-state index contributed by atoms with van der Waals surface area (Å²) in [5.41, 5.74) is 5.92. The van der Waals surface area contributed by atoms with Crippen LogP contribution in [0.1, 0.15) is 18.9 Å². The van der Waals surface area contributed by atoms with Crippen molar-refractivity contribution in [3.8, 4) is 0 Å². The fourth-order valence-corrected chi connectivity index (χ4v) is 1.64. The molecule has 0 amide bonds. The molecule has 0 saturated heterocycles. The molecule has 0 aliphatic carbocycles. The van der Waals surface area contributed by atoms with Crippen LogP contribution in [0, 0.1) is 5.92 Å². The van der Waals surface area contributed by atoms with E-state index in [-0.39, 0.29) is 6.04 Å². The molecule has 0 radical (unpaired) electrons. The maximum atomic E-state index is 5.92. The smallest absolute Gasteiger partial charge is 0.205 e. The fraction of sp³-hybridized carbons (Fsp3) is 0.750. The Labute approximate surface area is 82.6 Å². The second-order valence-electron chi connectivity index (χ2n) is 3.36. The van der Waals surface area contributed by atoms with Crippen LogP contribution in [0.4, 0.5) is 5.13 Å². The van der Waals surface area contributed by atoms with Crippen molar-refractivity contribution in [3.05, 3.63) is 5.01 Å². The number of aromatic nitrogens is 2. The molecule has 4 nitrogen and oxygen atoms in total. The lowest BCUT2D eigenvalue weighted by atomic mass is 10.0. The number of hydrogen-bond acceptors (Lipinski definition) is 5. The quantitative estimate of drug-likeness (QED) is 0.764. The second-order valence-corrected chi connectivity index (χ2v) is 4.43. The summed E-state index contributed by atoms with van der Waals surface area (Å²) in [6.45, 7) is 4.23. The number of hydrogen-bond donors (Lipinski definition) is 2. The van der Waals surface area contributed by atoms with E-state index in [1.54, 1.807) is 11.3 Å². The molecular formula is C8H16N4S. The molecular weight excluding hydrogens is 184 g/mol. The largest absolute Gasteiger partial charge is 0.363 e. The molecule has 1 rings (SSSR count). The Kier molecular flexibility index (Phi) is 3.62. The molecule has 3 N–H and O–H groups in total. The van der Waals surface area contributed by atoms with Gasteiger partial charge in [0.05, 0.1) is 0 Å². The van der Waals surface area contributed by atoms with Gasteiger partial charge in [0.25, 0.3) is 0 Å². The molecule has 1 aromatic rings. The van der Waals surface area contributed by atoms with E-state index in [2.05, 4.69) is 29.4 Å². The van der Waals surface area contributed by atoms with Crippen molar-refractivity contribution >= 4 is 16.5 Å². The highest BCUT2D eigenvalue weighted by molar-refractivity contribution is 7.15. The van der Waals surface area contributed by atoms with Gasteiger partial charge in [-0.15, -0.1) is 10.2 Å². The number of nitrogens with one attached hydrogen (secondary N) is 1. The average molecular weight is 200 g/mol. The maximum Gasteiger partial charge on any atom is 0.205 e. The number of rotatable bonds is 4. The van der Waals surface area contributed by atoms with E-state index in [1.807, 2.05) is 7.05 Å². The molecule has 0 spiro atoms. The molecule has 1 aromatic heterocycles. The van der Waals surface area contributed by atoms with Crippen molar-refractivity contribution in [2.24, 2.45) is 11.7 Å². The summed E-state index contributed by atoms with van der Waals surface area (Å²) in [6.07, 6.45) is 0.816. The van der Waals surface area contributed by atoms with E-state index in [1.165, 1.54) is 0 Å². The van der Waals surface area contributed by atoms with E-state index in [9.17, 15) is 0 Å². The van der Waals surface area contributed by atoms with Gasteiger partial charge < -0.3 is 11.1 Å². The molecule has 5 heteroatoms. The van der Waals surface area contributed by atoms with Crippen LogP contribution >= 0.6 is 11.3 Å². The Bertz CT molecular complexity index is 258. The molecule has 0 aromatic carbocycles. The third-order valence-corrected chi connectivity index (χ3v) is 2.91. The van der Waals surface area contributed by atoms with Crippen LogP contribution in [0.25, 0.3) is 0 Å². The van der Waals surface area contributed by atoms with Gasteiger partial charge in [-0.2, -0.15) is 0 Å². The van der Waals surface area contributed by atoms with Crippen molar-refractivity contribution in [3.63, 3.8) is 0 Å². The summed E-state index contributed by atoms with van der Waals surface area (Å²) in [4.78, 5) is 0. The highest BCUT2D eigenvalue weighted by Gasteiger charge is 2.11. The third kappa shape index (κ3) is 2.93. The first-order valence-corrected chi connectivity index (χ1v) is 5.21. The number of nitrogens with zero attached hydrogens (tertiary/aromatic N) is 2. The summed E-state index contributed by atoms with van der Waals surface area (Å²) >= 11 is 1.57. The molecule has 1 heterocycles. The lowest BCUT2D eigenvalue weighted by Gasteiger charge is -2.12. The first-order chi connectivity index (χ1) is 6.13. The van der Waals surface area contributed by atoms with E-state index >= 15 is 0 Å². The van der Waals surface area contributed by atoms with Crippen LogP contribution in [0.2, 0.25) is 0 Å². The molecule has 0 saturated carbocycles. The van der Waals surface area contributed by atoms with Crippen LogP contribution < -0.4 is 11.1 Å². The molecule has 0 aliphatic heterocycles. The Morgan fingerprint density at radius 3 is 2.62 bits per heavy atom. The minimum atomic E-state index is 0.178. The Morgan fingerprint density at radius 2 is 2.15 bits per heavy atom. The summed E-state index contributed by atoms with van der Waals surface area (Å²) in [6, 6.07) is 0.178. The lowest BCUT2D eigenvalue weighted by Crippen LogP contribution is -2.28. The van der Waals surface area contributed by atoms with E-state index in [0.717, 1.165) is 16.6 Å². The molecule has 74 valence electrons. The Morgan fingerprint density at radius 1 is 1.46 bits per heavy atom. The summed E-state index contributed by atoms with van der Waals surface area (Å²) < 4.78 is 0. The monoisotopic (exact) mass is 200 g/mol. The van der Waals surface area contributed by atoms with Gasteiger partial charge in [0.1, 0.15) is 5.01 Å². The van der Waals surface area contributed by atoms with Crippen LogP contribution in [0.15, 0.2) is 0 Å². The van der Waals surface area contributed by atoms with Crippen LogP contribution in [0.3, 0.4) is 0 Å². The molecule has 0 fully saturated rings. The van der Waals surface area contributed by atoms with Crippen molar-refractivity contribution in [1.29, 1.82) is 0 Å². The minimum absolute atomic E-state index is 0.178.